The van der Waals surface area contributed by atoms with E-state index < -0.39 is 0 Å². The molecule has 1 saturated heterocycles. The molecule has 0 spiro atoms. The van der Waals surface area contributed by atoms with Gasteiger partial charge in [-0.1, -0.05) is 43.7 Å². The SMILES string of the molecule is CC(CCCCN=C=O)(COC1CCCCO1)c1ccccc1. The van der Waals surface area contributed by atoms with Crippen molar-refractivity contribution in [3.63, 3.8) is 0 Å². The van der Waals surface area contributed by atoms with Gasteiger partial charge in [0.2, 0.25) is 6.08 Å². The normalized spacial score (nSPS) is 20.5. The molecule has 0 N–H and O–H groups in total. The number of rotatable bonds is 9. The Morgan fingerprint density at radius 2 is 2.13 bits per heavy atom. The maximum absolute atomic E-state index is 10.1. The van der Waals surface area contributed by atoms with Gasteiger partial charge in [0.15, 0.2) is 6.29 Å². The lowest BCUT2D eigenvalue weighted by molar-refractivity contribution is -0.171. The summed E-state index contributed by atoms with van der Waals surface area (Å²) in [5.41, 5.74) is 1.24. The summed E-state index contributed by atoms with van der Waals surface area (Å²) in [5, 5.41) is 0. The molecule has 0 bridgehead atoms. The third-order valence-corrected chi connectivity index (χ3v) is 4.51. The van der Waals surface area contributed by atoms with Crippen molar-refractivity contribution in [1.82, 2.24) is 0 Å². The van der Waals surface area contributed by atoms with E-state index in [1.807, 2.05) is 6.07 Å². The summed E-state index contributed by atoms with van der Waals surface area (Å²) in [5.74, 6) is 0. The van der Waals surface area contributed by atoms with Gasteiger partial charge in [0.25, 0.3) is 0 Å². The molecule has 1 aliphatic heterocycles. The highest BCUT2D eigenvalue weighted by molar-refractivity contribution is 5.32. The van der Waals surface area contributed by atoms with Crippen molar-refractivity contribution >= 4 is 6.08 Å². The third-order valence-electron chi connectivity index (χ3n) is 4.51. The zero-order chi connectivity index (χ0) is 16.4. The molecule has 23 heavy (non-hydrogen) atoms. The van der Waals surface area contributed by atoms with E-state index in [-0.39, 0.29) is 11.7 Å². The first-order valence-electron chi connectivity index (χ1n) is 8.57. The number of isocyanates is 1. The molecule has 0 radical (unpaired) electrons. The highest BCUT2D eigenvalue weighted by atomic mass is 16.7. The first kappa shape index (κ1) is 17.9. The second-order valence-corrected chi connectivity index (χ2v) is 6.46. The number of hydrogen-bond acceptors (Lipinski definition) is 4. The van der Waals surface area contributed by atoms with E-state index in [4.69, 9.17) is 9.47 Å². The summed E-state index contributed by atoms with van der Waals surface area (Å²) in [7, 11) is 0. The molecule has 0 aliphatic carbocycles. The van der Waals surface area contributed by atoms with Crippen LogP contribution in [0.2, 0.25) is 0 Å². The Morgan fingerprint density at radius 1 is 1.30 bits per heavy atom. The monoisotopic (exact) mass is 317 g/mol. The second-order valence-electron chi connectivity index (χ2n) is 6.46. The van der Waals surface area contributed by atoms with E-state index in [9.17, 15) is 4.79 Å². The maximum atomic E-state index is 10.1. The van der Waals surface area contributed by atoms with Gasteiger partial charge in [0, 0.05) is 12.0 Å². The molecular weight excluding hydrogens is 290 g/mol. The molecule has 1 fully saturated rings. The first-order chi connectivity index (χ1) is 11.2. The zero-order valence-corrected chi connectivity index (χ0v) is 14.0. The number of aliphatic imine (C=N–C) groups is 1. The van der Waals surface area contributed by atoms with Crippen LogP contribution in [0.5, 0.6) is 0 Å². The van der Waals surface area contributed by atoms with Crippen LogP contribution < -0.4 is 0 Å². The van der Waals surface area contributed by atoms with Gasteiger partial charge >= 0.3 is 0 Å². The zero-order valence-electron chi connectivity index (χ0n) is 14.0. The topological polar surface area (TPSA) is 47.9 Å². The van der Waals surface area contributed by atoms with E-state index in [1.165, 1.54) is 12.0 Å². The van der Waals surface area contributed by atoms with Crippen LogP contribution in [-0.2, 0) is 19.7 Å². The number of unbranched alkanes of at least 4 members (excludes halogenated alkanes) is 1. The number of carbonyl (C=O) groups excluding carboxylic acids is 1. The molecule has 2 rings (SSSR count). The van der Waals surface area contributed by atoms with Gasteiger partial charge in [-0.2, -0.15) is 0 Å². The van der Waals surface area contributed by atoms with Crippen molar-refractivity contribution in [3.8, 4) is 0 Å². The van der Waals surface area contributed by atoms with Crippen LogP contribution in [0.15, 0.2) is 35.3 Å². The van der Waals surface area contributed by atoms with Crippen LogP contribution in [0, 0.1) is 0 Å². The maximum Gasteiger partial charge on any atom is 0.234 e. The summed E-state index contributed by atoms with van der Waals surface area (Å²) >= 11 is 0. The van der Waals surface area contributed by atoms with Crippen LogP contribution in [0.3, 0.4) is 0 Å². The quantitative estimate of drug-likeness (QED) is 0.393. The molecule has 1 aromatic rings. The Kier molecular flexibility index (Phi) is 7.47. The fourth-order valence-electron chi connectivity index (χ4n) is 3.01. The molecule has 1 aromatic carbocycles. The van der Waals surface area contributed by atoms with Gasteiger partial charge in [-0.05, 0) is 37.7 Å². The van der Waals surface area contributed by atoms with Gasteiger partial charge in [0.1, 0.15) is 0 Å². The van der Waals surface area contributed by atoms with Gasteiger partial charge < -0.3 is 9.47 Å². The highest BCUT2D eigenvalue weighted by Crippen LogP contribution is 2.31. The molecule has 1 heterocycles. The molecule has 0 saturated carbocycles. The minimum Gasteiger partial charge on any atom is -0.353 e. The molecule has 1 aliphatic rings. The van der Waals surface area contributed by atoms with Crippen molar-refractivity contribution in [2.24, 2.45) is 4.99 Å². The molecule has 0 aromatic heterocycles. The molecular formula is C19H27NO3. The van der Waals surface area contributed by atoms with Crippen LogP contribution in [0.4, 0.5) is 0 Å². The molecule has 2 atom stereocenters. The Bertz CT molecular complexity index is 493. The molecule has 0 amide bonds. The van der Waals surface area contributed by atoms with Gasteiger partial charge in [-0.3, -0.25) is 0 Å². The van der Waals surface area contributed by atoms with Gasteiger partial charge in [-0.25, -0.2) is 9.79 Å². The summed E-state index contributed by atoms with van der Waals surface area (Å²) in [4.78, 5) is 13.8. The van der Waals surface area contributed by atoms with E-state index in [1.54, 1.807) is 6.08 Å². The summed E-state index contributed by atoms with van der Waals surface area (Å²) in [6.45, 7) is 4.25. The lowest BCUT2D eigenvalue weighted by atomic mass is 9.79. The lowest BCUT2D eigenvalue weighted by Crippen LogP contribution is -2.33. The fourth-order valence-corrected chi connectivity index (χ4v) is 3.01. The lowest BCUT2D eigenvalue weighted by Gasteiger charge is -2.33. The van der Waals surface area contributed by atoms with E-state index >= 15 is 0 Å². The fraction of sp³-hybridized carbons (Fsp3) is 0.632. The second kappa shape index (κ2) is 9.61. The van der Waals surface area contributed by atoms with Crippen molar-refractivity contribution < 1.29 is 14.3 Å². The van der Waals surface area contributed by atoms with Gasteiger partial charge in [0.05, 0.1) is 13.2 Å². The van der Waals surface area contributed by atoms with Crippen LogP contribution in [-0.4, -0.2) is 32.1 Å². The van der Waals surface area contributed by atoms with E-state index in [2.05, 4.69) is 36.2 Å². The number of nitrogens with zero attached hydrogens (tertiary/aromatic N) is 1. The largest absolute Gasteiger partial charge is 0.353 e. The molecule has 126 valence electrons. The highest BCUT2D eigenvalue weighted by Gasteiger charge is 2.28. The minimum atomic E-state index is -0.0635. The van der Waals surface area contributed by atoms with Gasteiger partial charge in [-0.15, -0.1) is 0 Å². The summed E-state index contributed by atoms with van der Waals surface area (Å²) < 4.78 is 11.8. The average Bonchev–Trinajstić information content (AvgIpc) is 2.61. The summed E-state index contributed by atoms with van der Waals surface area (Å²) in [6, 6.07) is 10.5. The molecule has 2 unspecified atom stereocenters. The van der Waals surface area contributed by atoms with Crippen LogP contribution in [0.1, 0.15) is 51.0 Å². The number of ether oxygens (including phenoxy) is 2. The Morgan fingerprint density at radius 3 is 2.83 bits per heavy atom. The third kappa shape index (κ3) is 5.91. The predicted molar refractivity (Wildman–Crippen MR) is 90.2 cm³/mol. The van der Waals surface area contributed by atoms with Crippen molar-refractivity contribution in [2.45, 2.75) is 57.2 Å². The smallest absolute Gasteiger partial charge is 0.234 e. The number of hydrogen-bond donors (Lipinski definition) is 0. The average molecular weight is 317 g/mol. The Labute approximate surface area is 138 Å². The minimum absolute atomic E-state index is 0.0487. The van der Waals surface area contributed by atoms with E-state index in [0.29, 0.717) is 13.2 Å². The van der Waals surface area contributed by atoms with Crippen molar-refractivity contribution in [1.29, 1.82) is 0 Å². The standard InChI is InChI=1S/C19H27NO3/c1-19(12-6-7-13-20-16-21,17-9-3-2-4-10-17)15-23-18-11-5-8-14-22-18/h2-4,9-10,18H,5-8,11-15H2,1H3. The van der Waals surface area contributed by atoms with Crippen molar-refractivity contribution in [2.75, 3.05) is 19.8 Å². The molecule has 4 heteroatoms. The Balaban J connectivity index is 1.94. The van der Waals surface area contributed by atoms with Crippen LogP contribution in [0.25, 0.3) is 0 Å². The van der Waals surface area contributed by atoms with Crippen molar-refractivity contribution in [3.05, 3.63) is 35.9 Å². The van der Waals surface area contributed by atoms with Crippen LogP contribution >= 0.6 is 0 Å². The predicted octanol–water partition coefficient (Wildman–Crippen LogP) is 3.99. The van der Waals surface area contributed by atoms with E-state index in [0.717, 1.165) is 38.7 Å². The number of benzene rings is 1. The summed E-state index contributed by atoms with van der Waals surface area (Å²) in [6.07, 6.45) is 7.73. The first-order valence-corrected chi connectivity index (χ1v) is 8.57. The molecule has 4 nitrogen and oxygen atoms in total. The Hall–Kier alpha value is -1.48.